The highest BCUT2D eigenvalue weighted by Gasteiger charge is 2.44. The van der Waals surface area contributed by atoms with Gasteiger partial charge in [0, 0.05) is 32.3 Å². The molecular weight excluding hydrogens is 378 g/mol. The molecule has 1 aromatic carbocycles. The van der Waals surface area contributed by atoms with Gasteiger partial charge in [-0.1, -0.05) is 30.3 Å². The first-order valence-electron chi connectivity index (χ1n) is 10.8. The van der Waals surface area contributed by atoms with E-state index < -0.39 is 5.41 Å². The van der Waals surface area contributed by atoms with Gasteiger partial charge in [0.2, 0.25) is 5.91 Å². The van der Waals surface area contributed by atoms with Crippen molar-refractivity contribution in [2.75, 3.05) is 19.7 Å². The van der Waals surface area contributed by atoms with Gasteiger partial charge in [0.1, 0.15) is 0 Å². The second kappa shape index (κ2) is 9.45. The number of amides is 1. The average Bonchev–Trinajstić information content (AvgIpc) is 2.98. The number of ether oxygens (including phenoxy) is 1. The summed E-state index contributed by atoms with van der Waals surface area (Å²) in [7, 11) is 1.93. The Balaban J connectivity index is 1.74. The number of hydrogen-bond donors (Lipinski definition) is 0. The molecule has 1 saturated heterocycles. The number of hydrogen-bond acceptors (Lipinski definition) is 4. The number of carbonyl (C=O) groups is 2. The number of likely N-dealkylation sites (tertiary alicyclic amines) is 1. The van der Waals surface area contributed by atoms with E-state index in [2.05, 4.69) is 5.10 Å². The normalized spacial score (nSPS) is 19.0. The van der Waals surface area contributed by atoms with E-state index in [1.54, 1.807) is 0 Å². The lowest BCUT2D eigenvalue weighted by Gasteiger charge is -2.41. The van der Waals surface area contributed by atoms with Gasteiger partial charge < -0.3 is 9.64 Å². The summed E-state index contributed by atoms with van der Waals surface area (Å²) in [6, 6.07) is 10.0. The fourth-order valence-corrected chi connectivity index (χ4v) is 4.57. The molecule has 2 aromatic rings. The molecule has 6 nitrogen and oxygen atoms in total. The Hall–Kier alpha value is -2.63. The third kappa shape index (κ3) is 4.74. The van der Waals surface area contributed by atoms with Gasteiger partial charge in [-0.2, -0.15) is 5.10 Å². The molecule has 1 amide bonds. The van der Waals surface area contributed by atoms with E-state index in [1.807, 2.05) is 67.7 Å². The largest absolute Gasteiger partial charge is 0.466 e. The molecule has 0 N–H and O–H groups in total. The van der Waals surface area contributed by atoms with Crippen LogP contribution in [0.15, 0.2) is 30.3 Å². The summed E-state index contributed by atoms with van der Waals surface area (Å²) in [6.07, 6.45) is 3.24. The van der Waals surface area contributed by atoms with Crippen LogP contribution in [0.4, 0.5) is 0 Å². The molecule has 0 radical (unpaired) electrons. The maximum Gasteiger partial charge on any atom is 0.314 e. The first kappa shape index (κ1) is 22.1. The van der Waals surface area contributed by atoms with Crippen molar-refractivity contribution in [3.63, 3.8) is 0 Å². The fraction of sp³-hybridized carbons (Fsp3) is 0.542. The average molecular weight is 412 g/mol. The summed E-state index contributed by atoms with van der Waals surface area (Å²) >= 11 is 0. The molecule has 1 fully saturated rings. The van der Waals surface area contributed by atoms with Crippen LogP contribution in [0.1, 0.15) is 48.7 Å². The van der Waals surface area contributed by atoms with E-state index in [-0.39, 0.29) is 11.9 Å². The molecule has 162 valence electrons. The third-order valence-electron chi connectivity index (χ3n) is 6.27. The zero-order valence-corrected chi connectivity index (χ0v) is 18.6. The number of benzene rings is 1. The van der Waals surface area contributed by atoms with Crippen molar-refractivity contribution < 1.29 is 14.3 Å². The second-order valence-electron chi connectivity index (χ2n) is 8.36. The van der Waals surface area contributed by atoms with E-state index in [4.69, 9.17) is 4.74 Å². The topological polar surface area (TPSA) is 64.4 Å². The maximum atomic E-state index is 13.1. The molecule has 1 aliphatic heterocycles. The van der Waals surface area contributed by atoms with Gasteiger partial charge >= 0.3 is 5.97 Å². The van der Waals surface area contributed by atoms with Crippen LogP contribution in [-0.2, 0) is 34.2 Å². The molecule has 3 rings (SSSR count). The second-order valence-corrected chi connectivity index (χ2v) is 8.36. The number of esters is 1. The zero-order chi connectivity index (χ0) is 21.7. The molecule has 6 heteroatoms. The van der Waals surface area contributed by atoms with Gasteiger partial charge in [0.05, 0.1) is 17.7 Å². The van der Waals surface area contributed by atoms with Gasteiger partial charge in [0.25, 0.3) is 0 Å². The quantitative estimate of drug-likeness (QED) is 0.655. The molecule has 30 heavy (non-hydrogen) atoms. The summed E-state index contributed by atoms with van der Waals surface area (Å²) in [5.41, 5.74) is 3.64. The van der Waals surface area contributed by atoms with E-state index in [1.165, 1.54) is 0 Å². The molecule has 1 unspecified atom stereocenters. The maximum absolute atomic E-state index is 13.1. The molecule has 0 bridgehead atoms. The Morgan fingerprint density at radius 2 is 1.93 bits per heavy atom. The molecule has 1 aliphatic rings. The highest BCUT2D eigenvalue weighted by atomic mass is 16.5. The highest BCUT2D eigenvalue weighted by Crippen LogP contribution is 2.35. The van der Waals surface area contributed by atoms with Gasteiger partial charge in [-0.15, -0.1) is 0 Å². The van der Waals surface area contributed by atoms with Crippen LogP contribution >= 0.6 is 0 Å². The van der Waals surface area contributed by atoms with Crippen molar-refractivity contribution >= 4 is 11.9 Å². The number of nitrogens with zero attached hydrogens (tertiary/aromatic N) is 3. The summed E-state index contributed by atoms with van der Waals surface area (Å²) in [4.78, 5) is 27.9. The number of aryl methyl sites for hydroxylation is 2. The zero-order valence-electron chi connectivity index (χ0n) is 18.6. The van der Waals surface area contributed by atoms with E-state index in [0.29, 0.717) is 39.0 Å². The minimum Gasteiger partial charge on any atom is -0.466 e. The molecule has 2 heterocycles. The Bertz CT molecular complexity index is 891. The van der Waals surface area contributed by atoms with Gasteiger partial charge in [-0.3, -0.25) is 14.3 Å². The summed E-state index contributed by atoms with van der Waals surface area (Å²) in [6.45, 7) is 7.32. The van der Waals surface area contributed by atoms with Crippen molar-refractivity contribution in [3.8, 4) is 0 Å². The lowest BCUT2D eigenvalue weighted by molar-refractivity contribution is -0.160. The highest BCUT2D eigenvalue weighted by molar-refractivity contribution is 5.81. The fourth-order valence-electron chi connectivity index (χ4n) is 4.57. The Labute approximate surface area is 179 Å². The van der Waals surface area contributed by atoms with Crippen LogP contribution in [0.5, 0.6) is 0 Å². The van der Waals surface area contributed by atoms with Gasteiger partial charge in [0.15, 0.2) is 0 Å². The van der Waals surface area contributed by atoms with Gasteiger partial charge in [-0.05, 0) is 57.6 Å². The predicted octanol–water partition coefficient (Wildman–Crippen LogP) is 3.38. The number of piperidine rings is 1. The van der Waals surface area contributed by atoms with Crippen LogP contribution in [-0.4, -0.2) is 46.3 Å². The van der Waals surface area contributed by atoms with Crippen molar-refractivity contribution in [1.29, 1.82) is 0 Å². The number of aromatic nitrogens is 2. The van der Waals surface area contributed by atoms with Crippen molar-refractivity contribution in [2.24, 2.45) is 12.5 Å². The van der Waals surface area contributed by atoms with Crippen molar-refractivity contribution in [3.05, 3.63) is 52.8 Å². The van der Waals surface area contributed by atoms with Crippen molar-refractivity contribution in [2.45, 2.75) is 52.9 Å². The molecule has 0 spiro atoms. The Morgan fingerprint density at radius 3 is 2.57 bits per heavy atom. The van der Waals surface area contributed by atoms with E-state index in [9.17, 15) is 9.59 Å². The van der Waals surface area contributed by atoms with Crippen molar-refractivity contribution in [1.82, 2.24) is 14.7 Å². The van der Waals surface area contributed by atoms with Crippen LogP contribution in [0, 0.1) is 19.3 Å². The summed E-state index contributed by atoms with van der Waals surface area (Å²) < 4.78 is 7.32. The standard InChI is InChI=1S/C24H33N3O3/c1-5-30-23(29)24(16-20-10-7-6-8-11-20)14-9-15-27(17-24)22(28)13-12-21-18(2)25-26(4)19(21)3/h6-8,10-11H,5,9,12-17H2,1-4H3. The molecule has 1 aromatic heterocycles. The third-order valence-corrected chi connectivity index (χ3v) is 6.27. The summed E-state index contributed by atoms with van der Waals surface area (Å²) in [5, 5.41) is 4.45. The monoisotopic (exact) mass is 411 g/mol. The van der Waals surface area contributed by atoms with Crippen LogP contribution in [0.3, 0.4) is 0 Å². The Morgan fingerprint density at radius 1 is 1.20 bits per heavy atom. The number of carbonyl (C=O) groups excluding carboxylic acids is 2. The molecule has 0 saturated carbocycles. The first-order chi connectivity index (χ1) is 14.4. The molecule has 1 atom stereocenters. The predicted molar refractivity (Wildman–Crippen MR) is 116 cm³/mol. The minimum absolute atomic E-state index is 0.0964. The van der Waals surface area contributed by atoms with Crippen LogP contribution in [0.25, 0.3) is 0 Å². The van der Waals surface area contributed by atoms with Crippen LogP contribution in [0.2, 0.25) is 0 Å². The van der Waals surface area contributed by atoms with Gasteiger partial charge in [-0.25, -0.2) is 0 Å². The van der Waals surface area contributed by atoms with E-state index >= 15 is 0 Å². The molecular formula is C24H33N3O3. The lowest BCUT2D eigenvalue weighted by Crippen LogP contribution is -2.51. The Kier molecular flexibility index (Phi) is 6.95. The molecule has 0 aliphatic carbocycles. The van der Waals surface area contributed by atoms with E-state index in [0.717, 1.165) is 35.4 Å². The van der Waals surface area contributed by atoms with Crippen LogP contribution < -0.4 is 0 Å². The summed E-state index contributed by atoms with van der Waals surface area (Å²) in [5.74, 6) is -0.0932. The smallest absolute Gasteiger partial charge is 0.314 e. The SMILES string of the molecule is CCOC(=O)C1(Cc2ccccc2)CCCN(C(=O)CCc2c(C)nn(C)c2C)C1. The number of rotatable bonds is 7. The first-order valence-corrected chi connectivity index (χ1v) is 10.8. The lowest BCUT2D eigenvalue weighted by atomic mass is 9.75. The minimum atomic E-state index is -0.675.